The fourth-order valence-corrected chi connectivity index (χ4v) is 0.882. The van der Waals surface area contributed by atoms with Crippen molar-refractivity contribution >= 4 is 6.21 Å². The Morgan fingerprint density at radius 1 is 1.50 bits per heavy atom. The Balaban J connectivity index is 0. The summed E-state index contributed by atoms with van der Waals surface area (Å²) in [5, 5.41) is 3.09. The predicted octanol–water partition coefficient (Wildman–Crippen LogP) is 1.72. The van der Waals surface area contributed by atoms with Crippen molar-refractivity contribution in [2.45, 2.75) is 20.3 Å². The molecule has 0 aliphatic carbocycles. The number of rotatable bonds is 5. The summed E-state index contributed by atoms with van der Waals surface area (Å²) in [5.41, 5.74) is 6.63. The van der Waals surface area contributed by atoms with Crippen molar-refractivity contribution in [2.24, 2.45) is 10.7 Å². The second-order valence-electron chi connectivity index (χ2n) is 2.72. The molecule has 0 heterocycles. The van der Waals surface area contributed by atoms with Crippen molar-refractivity contribution in [2.75, 3.05) is 20.6 Å². The maximum atomic E-state index is 4.50. The molecule has 0 radical (unpaired) electrons. The lowest BCUT2D eigenvalue weighted by atomic mass is 10.2. The van der Waals surface area contributed by atoms with E-state index < -0.39 is 0 Å². The molecular formula is C11H23N3. The molecule has 0 aliphatic rings. The molecule has 0 aliphatic heterocycles. The summed E-state index contributed by atoms with van der Waals surface area (Å²) in [4.78, 5) is 4.06. The van der Waals surface area contributed by atoms with E-state index in [1.54, 1.807) is 6.21 Å². The van der Waals surface area contributed by atoms with Crippen LogP contribution in [0, 0.1) is 0 Å². The summed E-state index contributed by atoms with van der Waals surface area (Å²) in [6.45, 7) is 8.78. The van der Waals surface area contributed by atoms with Crippen LogP contribution in [-0.4, -0.2) is 26.9 Å². The van der Waals surface area contributed by atoms with Gasteiger partial charge in [0.05, 0.1) is 5.70 Å². The highest BCUT2D eigenvalue weighted by atomic mass is 14.8. The quantitative estimate of drug-likeness (QED) is 0.521. The van der Waals surface area contributed by atoms with Crippen molar-refractivity contribution in [3.63, 3.8) is 0 Å². The Morgan fingerprint density at radius 2 is 2.07 bits per heavy atom. The zero-order valence-corrected chi connectivity index (χ0v) is 9.80. The standard InChI is InChI=1S/C10H18N2.CH5N/c1-5-12-10(3)8-9(2)6-7-11-4;1-2/h5,8,11H,3,6-7H2,1-2,4H3;2H2,1H3/b9-8+,12-5?;. The molecule has 0 aromatic heterocycles. The molecule has 0 atom stereocenters. The molecule has 0 aromatic carbocycles. The van der Waals surface area contributed by atoms with Crippen molar-refractivity contribution in [3.05, 3.63) is 23.9 Å². The van der Waals surface area contributed by atoms with Crippen LogP contribution in [0.2, 0.25) is 0 Å². The maximum absolute atomic E-state index is 4.50. The van der Waals surface area contributed by atoms with Gasteiger partial charge in [-0.05, 0) is 47.0 Å². The van der Waals surface area contributed by atoms with Crippen molar-refractivity contribution in [1.29, 1.82) is 0 Å². The first-order valence-electron chi connectivity index (χ1n) is 4.77. The third kappa shape index (κ3) is 11.1. The third-order valence-corrected chi connectivity index (χ3v) is 1.48. The molecule has 0 saturated heterocycles. The molecule has 82 valence electrons. The zero-order chi connectivity index (χ0) is 11.4. The molecule has 0 bridgehead atoms. The van der Waals surface area contributed by atoms with Gasteiger partial charge in [0.2, 0.25) is 0 Å². The molecule has 0 rings (SSSR count). The van der Waals surface area contributed by atoms with Gasteiger partial charge in [0.1, 0.15) is 0 Å². The first kappa shape index (κ1) is 15.5. The van der Waals surface area contributed by atoms with Gasteiger partial charge in [0, 0.05) is 6.21 Å². The summed E-state index contributed by atoms with van der Waals surface area (Å²) in [5.74, 6) is 0. The van der Waals surface area contributed by atoms with Gasteiger partial charge < -0.3 is 11.1 Å². The lowest BCUT2D eigenvalue weighted by molar-refractivity contribution is 0.785. The second kappa shape index (κ2) is 12.1. The van der Waals surface area contributed by atoms with Crippen LogP contribution >= 0.6 is 0 Å². The summed E-state index contributed by atoms with van der Waals surface area (Å²) >= 11 is 0. The van der Waals surface area contributed by atoms with Gasteiger partial charge >= 0.3 is 0 Å². The molecule has 0 amide bonds. The first-order valence-corrected chi connectivity index (χ1v) is 4.77. The normalized spacial score (nSPS) is 11.1. The summed E-state index contributed by atoms with van der Waals surface area (Å²) in [6.07, 6.45) is 4.82. The largest absolute Gasteiger partial charge is 0.333 e. The van der Waals surface area contributed by atoms with E-state index in [1.165, 1.54) is 12.6 Å². The molecule has 0 aromatic rings. The van der Waals surface area contributed by atoms with Crippen LogP contribution < -0.4 is 11.1 Å². The fourth-order valence-electron chi connectivity index (χ4n) is 0.882. The van der Waals surface area contributed by atoms with Crippen LogP contribution in [0.4, 0.5) is 0 Å². The molecule has 0 spiro atoms. The molecule has 3 nitrogen and oxygen atoms in total. The summed E-state index contributed by atoms with van der Waals surface area (Å²) in [7, 11) is 3.45. The molecule has 3 heteroatoms. The highest BCUT2D eigenvalue weighted by Gasteiger charge is 1.89. The van der Waals surface area contributed by atoms with E-state index in [0.29, 0.717) is 0 Å². The fraction of sp³-hybridized carbons (Fsp3) is 0.545. The summed E-state index contributed by atoms with van der Waals surface area (Å²) < 4.78 is 0. The van der Waals surface area contributed by atoms with E-state index in [0.717, 1.165) is 18.7 Å². The van der Waals surface area contributed by atoms with Crippen molar-refractivity contribution in [3.8, 4) is 0 Å². The van der Waals surface area contributed by atoms with Crippen LogP contribution in [0.1, 0.15) is 20.3 Å². The number of nitrogens with zero attached hydrogens (tertiary/aromatic N) is 1. The van der Waals surface area contributed by atoms with Gasteiger partial charge in [-0.1, -0.05) is 12.2 Å². The maximum Gasteiger partial charge on any atom is 0.0553 e. The van der Waals surface area contributed by atoms with E-state index >= 15 is 0 Å². The minimum atomic E-state index is 0.825. The van der Waals surface area contributed by atoms with Gasteiger partial charge in [-0.15, -0.1) is 0 Å². The average molecular weight is 197 g/mol. The van der Waals surface area contributed by atoms with Gasteiger partial charge in [-0.3, -0.25) is 4.99 Å². The zero-order valence-electron chi connectivity index (χ0n) is 9.80. The molecule has 0 unspecified atom stereocenters. The molecule has 14 heavy (non-hydrogen) atoms. The Bertz CT molecular complexity index is 193. The highest BCUT2D eigenvalue weighted by molar-refractivity contribution is 5.56. The van der Waals surface area contributed by atoms with Gasteiger partial charge in [0.25, 0.3) is 0 Å². The van der Waals surface area contributed by atoms with Crippen molar-refractivity contribution in [1.82, 2.24) is 5.32 Å². The smallest absolute Gasteiger partial charge is 0.0553 e. The minimum absolute atomic E-state index is 0.825. The number of hydrogen-bond donors (Lipinski definition) is 2. The Morgan fingerprint density at radius 3 is 2.50 bits per heavy atom. The summed E-state index contributed by atoms with van der Waals surface area (Å²) in [6, 6.07) is 0. The molecule has 3 N–H and O–H groups in total. The number of allylic oxidation sites excluding steroid dienone is 1. The Labute approximate surface area is 87.8 Å². The van der Waals surface area contributed by atoms with Crippen LogP contribution in [0.25, 0.3) is 0 Å². The lowest BCUT2D eigenvalue weighted by Gasteiger charge is -1.99. The topological polar surface area (TPSA) is 50.4 Å². The molecular weight excluding hydrogens is 174 g/mol. The van der Waals surface area contributed by atoms with Crippen LogP contribution in [0.15, 0.2) is 28.9 Å². The number of nitrogens with two attached hydrogens (primary N) is 1. The molecule has 0 saturated carbocycles. The van der Waals surface area contributed by atoms with E-state index in [4.69, 9.17) is 0 Å². The van der Waals surface area contributed by atoms with Crippen LogP contribution in [-0.2, 0) is 0 Å². The van der Waals surface area contributed by atoms with Gasteiger partial charge in [-0.2, -0.15) is 0 Å². The van der Waals surface area contributed by atoms with E-state index in [1.807, 2.05) is 20.0 Å². The number of aliphatic imine (C=N–C) groups is 1. The second-order valence-corrected chi connectivity index (χ2v) is 2.72. The third-order valence-electron chi connectivity index (χ3n) is 1.48. The highest BCUT2D eigenvalue weighted by Crippen LogP contribution is 2.04. The SMILES string of the molecule is C=C(/C=C(\C)CCNC)N=CC.CN. The monoisotopic (exact) mass is 197 g/mol. The van der Waals surface area contributed by atoms with Gasteiger partial charge in [-0.25, -0.2) is 0 Å². The van der Waals surface area contributed by atoms with E-state index in [9.17, 15) is 0 Å². The average Bonchev–Trinajstić information content (AvgIpc) is 2.18. The Hall–Kier alpha value is -0.930. The number of nitrogens with one attached hydrogen (secondary N) is 1. The Kier molecular flexibility index (Phi) is 13.4. The van der Waals surface area contributed by atoms with Gasteiger partial charge in [0.15, 0.2) is 0 Å². The first-order chi connectivity index (χ1) is 6.70. The van der Waals surface area contributed by atoms with E-state index in [2.05, 4.69) is 29.5 Å². The number of hydrogen-bond acceptors (Lipinski definition) is 3. The van der Waals surface area contributed by atoms with Crippen LogP contribution in [0.3, 0.4) is 0 Å². The molecule has 0 fully saturated rings. The minimum Gasteiger partial charge on any atom is -0.333 e. The predicted molar refractivity (Wildman–Crippen MR) is 65.7 cm³/mol. The lowest BCUT2D eigenvalue weighted by Crippen LogP contribution is -2.07. The van der Waals surface area contributed by atoms with Crippen LogP contribution in [0.5, 0.6) is 0 Å². The van der Waals surface area contributed by atoms with E-state index in [-0.39, 0.29) is 0 Å². The van der Waals surface area contributed by atoms with Crippen molar-refractivity contribution < 1.29 is 0 Å².